The number of nitrogens with zero attached hydrogens (tertiary/aromatic N) is 1. The van der Waals surface area contributed by atoms with Gasteiger partial charge in [0.25, 0.3) is 10.0 Å². The molecule has 6 heteroatoms. The van der Waals surface area contributed by atoms with Gasteiger partial charge in [0.15, 0.2) is 0 Å². The summed E-state index contributed by atoms with van der Waals surface area (Å²) in [5, 5.41) is 3.58. The normalized spacial score (nSPS) is 16.4. The van der Waals surface area contributed by atoms with Gasteiger partial charge in [-0.25, -0.2) is 8.42 Å². The van der Waals surface area contributed by atoms with Crippen LogP contribution in [0.25, 0.3) is 0 Å². The zero-order valence-corrected chi connectivity index (χ0v) is 16.4. The zero-order valence-electron chi connectivity index (χ0n) is 15.6. The number of rotatable bonds is 5. The van der Waals surface area contributed by atoms with Crippen LogP contribution in [0, 0.1) is 13.8 Å². The molecule has 1 aliphatic rings. The third-order valence-corrected chi connectivity index (χ3v) is 6.30. The molecule has 1 aliphatic heterocycles. The van der Waals surface area contributed by atoms with Gasteiger partial charge in [0.05, 0.1) is 10.6 Å². The first-order valence-electron chi connectivity index (χ1n) is 8.99. The number of aryl methyl sites for hydroxylation is 2. The predicted octanol–water partition coefficient (Wildman–Crippen LogP) is 3.61. The van der Waals surface area contributed by atoms with E-state index in [0.29, 0.717) is 11.7 Å². The summed E-state index contributed by atoms with van der Waals surface area (Å²) in [5.41, 5.74) is 3.71. The average molecular weight is 374 g/mol. The Bertz CT molecular complexity index is 855. The molecule has 0 spiro atoms. The molecule has 1 heterocycles. The summed E-state index contributed by atoms with van der Waals surface area (Å²) < 4.78 is 27.9. The second-order valence-corrected chi connectivity index (χ2v) is 8.85. The lowest BCUT2D eigenvalue weighted by Crippen LogP contribution is -2.36. The summed E-state index contributed by atoms with van der Waals surface area (Å²) in [5.74, 6) is 0. The van der Waals surface area contributed by atoms with Crippen LogP contribution in [-0.2, 0) is 10.0 Å². The fourth-order valence-corrected chi connectivity index (χ4v) is 4.19. The van der Waals surface area contributed by atoms with E-state index in [1.54, 1.807) is 30.3 Å². The number of likely N-dealkylation sites (tertiary alicyclic amines) is 1. The molecule has 0 aliphatic carbocycles. The summed E-state index contributed by atoms with van der Waals surface area (Å²) in [6.45, 7) is 6.13. The largest absolute Gasteiger partial charge is 0.382 e. The SMILES string of the molecule is Cc1ccc(S(=O)(=O)Nc2ccc(C)c(NC3CCN(C)CC3)c2)cc1. The zero-order chi connectivity index (χ0) is 18.7. The van der Waals surface area contributed by atoms with Crippen LogP contribution in [-0.4, -0.2) is 39.5 Å². The van der Waals surface area contributed by atoms with Crippen LogP contribution in [0.2, 0.25) is 0 Å². The highest BCUT2D eigenvalue weighted by Crippen LogP contribution is 2.25. The van der Waals surface area contributed by atoms with Crippen LogP contribution < -0.4 is 10.0 Å². The molecule has 3 rings (SSSR count). The molecule has 140 valence electrons. The van der Waals surface area contributed by atoms with Gasteiger partial charge < -0.3 is 10.2 Å². The minimum Gasteiger partial charge on any atom is -0.382 e. The number of piperidine rings is 1. The van der Waals surface area contributed by atoms with Gasteiger partial charge in [0.2, 0.25) is 0 Å². The molecule has 0 saturated carbocycles. The molecule has 26 heavy (non-hydrogen) atoms. The van der Waals surface area contributed by atoms with Crippen molar-refractivity contribution in [3.05, 3.63) is 53.6 Å². The molecule has 0 bridgehead atoms. The molecule has 0 aromatic heterocycles. The van der Waals surface area contributed by atoms with E-state index in [4.69, 9.17) is 0 Å². The Hall–Kier alpha value is -2.05. The van der Waals surface area contributed by atoms with Crippen LogP contribution in [0.4, 0.5) is 11.4 Å². The van der Waals surface area contributed by atoms with Gasteiger partial charge in [0.1, 0.15) is 0 Å². The van der Waals surface area contributed by atoms with Gasteiger partial charge in [0, 0.05) is 11.7 Å². The van der Waals surface area contributed by atoms with Crippen molar-refractivity contribution in [1.82, 2.24) is 4.90 Å². The molecule has 0 atom stereocenters. The van der Waals surface area contributed by atoms with E-state index >= 15 is 0 Å². The first-order valence-corrected chi connectivity index (χ1v) is 10.5. The molecule has 0 unspecified atom stereocenters. The van der Waals surface area contributed by atoms with Crippen LogP contribution in [0.1, 0.15) is 24.0 Å². The fraction of sp³-hybridized carbons (Fsp3) is 0.400. The minimum atomic E-state index is -3.58. The molecular weight excluding hydrogens is 346 g/mol. The van der Waals surface area contributed by atoms with E-state index in [1.165, 1.54) is 0 Å². The number of nitrogens with one attached hydrogen (secondary N) is 2. The Morgan fingerprint density at radius 1 is 1.00 bits per heavy atom. The number of sulfonamides is 1. The van der Waals surface area contributed by atoms with E-state index in [2.05, 4.69) is 22.0 Å². The number of benzene rings is 2. The quantitative estimate of drug-likeness (QED) is 0.840. The maximum absolute atomic E-state index is 12.6. The second kappa shape index (κ2) is 7.68. The Morgan fingerprint density at radius 2 is 1.65 bits per heavy atom. The molecule has 2 N–H and O–H groups in total. The smallest absolute Gasteiger partial charge is 0.261 e. The van der Waals surface area contributed by atoms with E-state index in [9.17, 15) is 8.42 Å². The fourth-order valence-electron chi connectivity index (χ4n) is 3.15. The first-order chi connectivity index (χ1) is 12.3. The van der Waals surface area contributed by atoms with Crippen molar-refractivity contribution in [1.29, 1.82) is 0 Å². The van der Waals surface area contributed by atoms with Crippen LogP contribution >= 0.6 is 0 Å². The molecule has 5 nitrogen and oxygen atoms in total. The van der Waals surface area contributed by atoms with Gasteiger partial charge >= 0.3 is 0 Å². The maximum Gasteiger partial charge on any atom is 0.261 e. The highest BCUT2D eigenvalue weighted by molar-refractivity contribution is 7.92. The second-order valence-electron chi connectivity index (χ2n) is 7.17. The van der Waals surface area contributed by atoms with Crippen molar-refractivity contribution >= 4 is 21.4 Å². The average Bonchev–Trinajstić information content (AvgIpc) is 2.60. The molecular formula is C20H27N3O2S. The maximum atomic E-state index is 12.6. The van der Waals surface area contributed by atoms with E-state index < -0.39 is 10.0 Å². The number of hydrogen-bond acceptors (Lipinski definition) is 4. The molecule has 2 aromatic carbocycles. The van der Waals surface area contributed by atoms with Crippen molar-refractivity contribution < 1.29 is 8.42 Å². The number of hydrogen-bond donors (Lipinski definition) is 2. The van der Waals surface area contributed by atoms with E-state index in [1.807, 2.05) is 26.0 Å². The van der Waals surface area contributed by atoms with Gasteiger partial charge in [-0.1, -0.05) is 23.8 Å². The van der Waals surface area contributed by atoms with Crippen LogP contribution in [0.3, 0.4) is 0 Å². The van der Waals surface area contributed by atoms with Gasteiger partial charge in [-0.15, -0.1) is 0 Å². The Morgan fingerprint density at radius 3 is 2.31 bits per heavy atom. The van der Waals surface area contributed by atoms with Crippen molar-refractivity contribution in [2.45, 2.75) is 37.6 Å². The summed E-state index contributed by atoms with van der Waals surface area (Å²) in [6.07, 6.45) is 2.19. The Balaban J connectivity index is 1.75. The van der Waals surface area contributed by atoms with E-state index in [-0.39, 0.29) is 4.90 Å². The van der Waals surface area contributed by atoms with Gasteiger partial charge in [-0.2, -0.15) is 0 Å². The first kappa shape index (κ1) is 18.7. The van der Waals surface area contributed by atoms with Crippen LogP contribution in [0.15, 0.2) is 47.4 Å². The third-order valence-electron chi connectivity index (χ3n) is 4.90. The summed E-state index contributed by atoms with van der Waals surface area (Å²) in [7, 11) is -1.44. The molecule has 0 amide bonds. The molecule has 2 aromatic rings. The molecule has 1 fully saturated rings. The lowest BCUT2D eigenvalue weighted by molar-refractivity contribution is 0.264. The van der Waals surface area contributed by atoms with Crippen molar-refractivity contribution in [2.75, 3.05) is 30.2 Å². The van der Waals surface area contributed by atoms with Crippen molar-refractivity contribution in [3.8, 4) is 0 Å². The third kappa shape index (κ3) is 4.56. The van der Waals surface area contributed by atoms with Crippen LogP contribution in [0.5, 0.6) is 0 Å². The van der Waals surface area contributed by atoms with E-state index in [0.717, 1.165) is 42.7 Å². The Labute approximate surface area is 156 Å². The summed E-state index contributed by atoms with van der Waals surface area (Å²) in [6, 6.07) is 12.9. The van der Waals surface area contributed by atoms with Crippen molar-refractivity contribution in [2.24, 2.45) is 0 Å². The minimum absolute atomic E-state index is 0.272. The highest BCUT2D eigenvalue weighted by Gasteiger charge is 2.18. The summed E-state index contributed by atoms with van der Waals surface area (Å²) >= 11 is 0. The summed E-state index contributed by atoms with van der Waals surface area (Å²) in [4.78, 5) is 2.60. The monoisotopic (exact) mass is 373 g/mol. The standard InChI is InChI=1S/C20H27N3O2S/c1-15-4-8-19(9-5-15)26(24,25)22-18-7-6-16(2)20(14-18)21-17-10-12-23(3)13-11-17/h4-9,14,17,21-22H,10-13H2,1-3H3. The lowest BCUT2D eigenvalue weighted by atomic mass is 10.0. The molecule has 1 saturated heterocycles. The van der Waals surface area contributed by atoms with Gasteiger partial charge in [-0.3, -0.25) is 4.72 Å². The van der Waals surface area contributed by atoms with Crippen molar-refractivity contribution in [3.63, 3.8) is 0 Å². The lowest BCUT2D eigenvalue weighted by Gasteiger charge is -2.30. The molecule has 0 radical (unpaired) electrons. The Kier molecular flexibility index (Phi) is 5.53. The topological polar surface area (TPSA) is 61.4 Å². The predicted molar refractivity (Wildman–Crippen MR) is 107 cm³/mol. The number of anilines is 2. The van der Waals surface area contributed by atoms with Gasteiger partial charge in [-0.05, 0) is 76.7 Å². The highest BCUT2D eigenvalue weighted by atomic mass is 32.2.